The van der Waals surface area contributed by atoms with Crippen LogP contribution in [0.5, 0.6) is 0 Å². The van der Waals surface area contributed by atoms with Gasteiger partial charge in [0.2, 0.25) is 5.82 Å². The number of fused-ring (bicyclic) bond motifs is 10. The van der Waals surface area contributed by atoms with E-state index in [1.54, 1.807) is 109 Å². The minimum atomic E-state index is -2.23. The van der Waals surface area contributed by atoms with Gasteiger partial charge >= 0.3 is 0 Å². The number of nitrogens with zero attached hydrogens (tertiary/aromatic N) is 11. The summed E-state index contributed by atoms with van der Waals surface area (Å²) in [5, 5.41) is 33.1. The van der Waals surface area contributed by atoms with E-state index in [9.17, 15) is 37.7 Å². The van der Waals surface area contributed by atoms with Crippen LogP contribution in [0.4, 0.5) is 33.3 Å². The minimum Gasteiger partial charge on any atom is -0.247 e. The van der Waals surface area contributed by atoms with Gasteiger partial charge in [-0.25, -0.2) is 61.5 Å². The molecule has 11 nitrogen and oxygen atoms in total. The lowest BCUT2D eigenvalue weighted by atomic mass is 9.95. The molecule has 15 aromatic rings. The Morgan fingerprint density at radius 3 is 1.09 bits per heavy atom. The van der Waals surface area contributed by atoms with Gasteiger partial charge in [0, 0.05) is 54.6 Å². The molecular formula is C77H36F5N11. The number of benzene rings is 11. The van der Waals surface area contributed by atoms with Crippen LogP contribution in [0.3, 0.4) is 0 Å². The summed E-state index contributed by atoms with van der Waals surface area (Å²) in [6.45, 7) is 14.7. The molecule has 11 aromatic carbocycles. The third kappa shape index (κ3) is 10.2. The maximum Gasteiger partial charge on any atom is 0.200 e. The van der Waals surface area contributed by atoms with Gasteiger partial charge < -0.3 is 0 Å². The highest BCUT2D eigenvalue weighted by molar-refractivity contribution is 6.22. The van der Waals surface area contributed by atoms with Gasteiger partial charge in [-0.1, -0.05) is 140 Å². The molecule has 0 atom stereocenters. The molecule has 16 heteroatoms. The molecule has 0 fully saturated rings. The number of rotatable bonds is 7. The highest BCUT2D eigenvalue weighted by Crippen LogP contribution is 2.43. The lowest BCUT2D eigenvalue weighted by Gasteiger charge is -2.16. The Morgan fingerprint density at radius 2 is 0.656 bits per heavy atom. The van der Waals surface area contributed by atoms with Crippen molar-refractivity contribution in [3.8, 4) is 96.9 Å². The van der Waals surface area contributed by atoms with Crippen molar-refractivity contribution in [3.05, 3.63) is 287 Å². The molecule has 0 aliphatic carbocycles. The topological polar surface area (TPSA) is 157 Å². The van der Waals surface area contributed by atoms with E-state index >= 15 is 0 Å². The lowest BCUT2D eigenvalue weighted by molar-refractivity contribution is 0.381. The first-order chi connectivity index (χ1) is 45.4. The van der Waals surface area contributed by atoms with Crippen molar-refractivity contribution < 1.29 is 22.0 Å². The third-order valence-electron chi connectivity index (χ3n) is 16.0. The summed E-state index contributed by atoms with van der Waals surface area (Å²) in [6.07, 6.45) is 0. The Morgan fingerprint density at radius 1 is 0.290 bits per heavy atom. The van der Waals surface area contributed by atoms with Gasteiger partial charge in [0.25, 0.3) is 0 Å². The van der Waals surface area contributed by atoms with Gasteiger partial charge in [-0.15, -0.1) is 0 Å². The van der Waals surface area contributed by atoms with Crippen molar-refractivity contribution in [2.75, 3.05) is 0 Å². The van der Waals surface area contributed by atoms with E-state index in [-0.39, 0.29) is 5.56 Å². The molecule has 0 N–H and O–H groups in total. The second-order valence-electron chi connectivity index (χ2n) is 21.4. The Bertz CT molecular complexity index is 5840. The molecule has 4 heterocycles. The van der Waals surface area contributed by atoms with Crippen LogP contribution in [0.15, 0.2) is 218 Å². The molecule has 0 saturated carbocycles. The standard InChI is InChI=1S/C41H18F5N5.C36H18N6/c1-48-26-15-13-23(14-16-26)39-40(22-11-9-21(20-47)10-12-22)51-41-30(50-39)18-17-28-32(41)27-7-2-3-8-29(27)49-38(28)25-6-4-5-24(19-25)31-33(42)35(44)37(46)36(45)34(31)43;1-39-27-15-13-25(14-16-27)34-35(24-11-9-22(20-37)10-12-24)42-36-31(41-34)18-17-29-32(36)28-7-2-3-8-30(28)40-33(29)26-6-4-5-23(19-26)21-38/h2-19H;2-19H. The number of para-hydroxylation sites is 2. The summed E-state index contributed by atoms with van der Waals surface area (Å²) in [4.78, 5) is 37.6. The first-order valence-electron chi connectivity index (χ1n) is 28.6. The van der Waals surface area contributed by atoms with Crippen LogP contribution in [0, 0.1) is 76.2 Å². The Kier molecular flexibility index (Phi) is 14.5. The van der Waals surface area contributed by atoms with E-state index in [0.29, 0.717) is 95.0 Å². The highest BCUT2D eigenvalue weighted by Gasteiger charge is 2.28. The number of nitriles is 3. The molecule has 0 aliphatic rings. The zero-order valence-electron chi connectivity index (χ0n) is 48.1. The fraction of sp³-hybridized carbons (Fsp3) is 0. The van der Waals surface area contributed by atoms with E-state index in [0.717, 1.165) is 66.0 Å². The Labute approximate surface area is 525 Å². The van der Waals surface area contributed by atoms with E-state index in [1.807, 2.05) is 91.0 Å². The summed E-state index contributed by atoms with van der Waals surface area (Å²) in [7, 11) is 0. The van der Waals surface area contributed by atoms with Crippen molar-refractivity contribution in [2.24, 2.45) is 0 Å². The molecule has 4 aromatic heterocycles. The predicted molar refractivity (Wildman–Crippen MR) is 349 cm³/mol. The van der Waals surface area contributed by atoms with E-state index in [1.165, 1.54) is 18.2 Å². The molecule has 0 unspecified atom stereocenters. The number of pyridine rings is 2. The number of halogens is 5. The normalized spacial score (nSPS) is 11.0. The van der Waals surface area contributed by atoms with Crippen molar-refractivity contribution in [1.29, 1.82) is 15.8 Å². The van der Waals surface area contributed by atoms with Crippen LogP contribution in [0.1, 0.15) is 16.7 Å². The molecule has 93 heavy (non-hydrogen) atoms. The first-order valence-corrected chi connectivity index (χ1v) is 28.6. The van der Waals surface area contributed by atoms with Crippen molar-refractivity contribution in [1.82, 2.24) is 29.9 Å². The molecule has 15 rings (SSSR count). The molecule has 0 bridgehead atoms. The zero-order chi connectivity index (χ0) is 64.0. The van der Waals surface area contributed by atoms with Gasteiger partial charge in [0.15, 0.2) is 34.6 Å². The van der Waals surface area contributed by atoms with E-state index < -0.39 is 34.6 Å². The maximum atomic E-state index is 14.9. The average molecular weight is 1210 g/mol. The zero-order valence-corrected chi connectivity index (χ0v) is 48.1. The van der Waals surface area contributed by atoms with Gasteiger partial charge in [-0.2, -0.15) is 15.8 Å². The second-order valence-corrected chi connectivity index (χ2v) is 21.4. The van der Waals surface area contributed by atoms with Crippen LogP contribution >= 0.6 is 0 Å². The lowest BCUT2D eigenvalue weighted by Crippen LogP contribution is -2.04. The fourth-order valence-electron chi connectivity index (χ4n) is 11.6. The number of hydrogen-bond acceptors (Lipinski definition) is 9. The summed E-state index contributed by atoms with van der Waals surface area (Å²) in [6, 6.07) is 71.1. The summed E-state index contributed by atoms with van der Waals surface area (Å²) in [5.41, 5.74) is 13.1. The SMILES string of the molecule is [C-]#[N+]c1ccc(-c2nc3ccc4c(-c5cccc(-c6c(F)c(F)c(F)c(F)c6F)c5)nc5ccccc5c4c3nc2-c2ccc(C#N)cc2)cc1.[C-]#[N+]c1ccc(-c2nc3ccc4c(-c5cccc(C#N)c5)nc5ccccc5c4c3nc2-c2ccc(C#N)cc2)cc1. The largest absolute Gasteiger partial charge is 0.247 e. The summed E-state index contributed by atoms with van der Waals surface area (Å²) >= 11 is 0. The predicted octanol–water partition coefficient (Wildman–Crippen LogP) is 19.7. The molecule has 434 valence electrons. The third-order valence-corrected chi connectivity index (χ3v) is 16.0. The Hall–Kier alpha value is -13.5. The number of aromatic nitrogens is 6. The summed E-state index contributed by atoms with van der Waals surface area (Å²) < 4.78 is 72.0. The van der Waals surface area contributed by atoms with Crippen LogP contribution in [-0.2, 0) is 0 Å². The monoisotopic (exact) mass is 1210 g/mol. The van der Waals surface area contributed by atoms with Crippen LogP contribution in [-0.4, -0.2) is 29.9 Å². The molecular weight excluding hydrogens is 1170 g/mol. The second kappa shape index (κ2) is 23.6. The van der Waals surface area contributed by atoms with E-state index in [4.69, 9.17) is 43.0 Å². The van der Waals surface area contributed by atoms with Crippen molar-refractivity contribution in [2.45, 2.75) is 0 Å². The molecule has 0 amide bonds. The average Bonchev–Trinajstić information content (AvgIpc) is 0.756. The molecule has 0 spiro atoms. The first kappa shape index (κ1) is 57.3. The molecule has 0 radical (unpaired) electrons. The number of hydrogen-bond donors (Lipinski definition) is 0. The van der Waals surface area contributed by atoms with Crippen molar-refractivity contribution >= 4 is 76.8 Å². The van der Waals surface area contributed by atoms with Gasteiger partial charge in [-0.3, -0.25) is 0 Å². The van der Waals surface area contributed by atoms with Gasteiger partial charge in [-0.05, 0) is 95.6 Å². The molecule has 0 aliphatic heterocycles. The summed E-state index contributed by atoms with van der Waals surface area (Å²) in [5.74, 6) is -10.2. The Balaban J connectivity index is 0.000000164. The molecule has 0 saturated heterocycles. The van der Waals surface area contributed by atoms with Gasteiger partial charge in [0.1, 0.15) is 0 Å². The smallest absolute Gasteiger partial charge is 0.200 e. The highest BCUT2D eigenvalue weighted by atomic mass is 19.2. The quantitative estimate of drug-likeness (QED) is 0.0498. The minimum absolute atomic E-state index is 0.221. The van der Waals surface area contributed by atoms with Crippen molar-refractivity contribution in [3.63, 3.8) is 0 Å². The van der Waals surface area contributed by atoms with E-state index in [2.05, 4.69) is 27.9 Å². The van der Waals surface area contributed by atoms with Crippen LogP contribution < -0.4 is 0 Å². The van der Waals surface area contributed by atoms with Crippen LogP contribution in [0.2, 0.25) is 0 Å². The fourth-order valence-corrected chi connectivity index (χ4v) is 11.6. The maximum absolute atomic E-state index is 14.9. The van der Waals surface area contributed by atoms with Gasteiger partial charge in [0.05, 0.1) is 121 Å². The van der Waals surface area contributed by atoms with Crippen LogP contribution in [0.25, 0.3) is 154 Å².